The molecular formula is C20H26BrN5O4. The smallest absolute Gasteiger partial charge is 0.410 e. The van der Waals surface area contributed by atoms with Gasteiger partial charge < -0.3 is 24.4 Å². The van der Waals surface area contributed by atoms with Crippen LogP contribution in [0.1, 0.15) is 32.4 Å². The molecule has 1 aliphatic heterocycles. The van der Waals surface area contributed by atoms with E-state index in [0.29, 0.717) is 43.4 Å². The van der Waals surface area contributed by atoms with Crippen LogP contribution in [0.15, 0.2) is 23.1 Å². The highest BCUT2D eigenvalue weighted by Gasteiger charge is 2.27. The first kappa shape index (κ1) is 22.1. The lowest BCUT2D eigenvalue weighted by atomic mass is 10.1. The van der Waals surface area contributed by atoms with Crippen LogP contribution < -0.4 is 14.8 Å². The maximum Gasteiger partial charge on any atom is 0.410 e. The molecule has 0 spiro atoms. The summed E-state index contributed by atoms with van der Waals surface area (Å²) in [6, 6.07) is 3.75. The van der Waals surface area contributed by atoms with Crippen LogP contribution in [0.5, 0.6) is 11.6 Å². The second-order valence-corrected chi connectivity index (χ2v) is 8.00. The largest absolute Gasteiger partial charge is 0.489 e. The first-order valence-electron chi connectivity index (χ1n) is 9.78. The zero-order valence-electron chi connectivity index (χ0n) is 17.5. The van der Waals surface area contributed by atoms with Crippen LogP contribution in [0.2, 0.25) is 0 Å². The third kappa shape index (κ3) is 5.50. The number of piperidine rings is 1. The minimum absolute atomic E-state index is 0.0826. The third-order valence-electron chi connectivity index (χ3n) is 4.60. The molecule has 0 unspecified atom stereocenters. The molecule has 1 fully saturated rings. The molecule has 10 heteroatoms. The first-order valence-corrected chi connectivity index (χ1v) is 10.6. The van der Waals surface area contributed by atoms with E-state index in [2.05, 4.69) is 36.2 Å². The van der Waals surface area contributed by atoms with Crippen LogP contribution >= 0.6 is 15.9 Å². The second-order valence-electron chi connectivity index (χ2n) is 7.19. The number of pyridine rings is 1. The number of amides is 1. The molecule has 9 nitrogen and oxygen atoms in total. The Bertz CT molecular complexity index is 887. The highest BCUT2D eigenvalue weighted by molar-refractivity contribution is 9.10. The fraction of sp³-hybridized carbons (Fsp3) is 0.500. The first-order chi connectivity index (χ1) is 14.4. The van der Waals surface area contributed by atoms with Crippen molar-refractivity contribution in [1.29, 1.82) is 0 Å². The summed E-state index contributed by atoms with van der Waals surface area (Å²) in [5.74, 6) is 1.27. The minimum atomic E-state index is -0.284. The number of carbonyl (C=O) groups excluding carboxylic acids is 1. The van der Waals surface area contributed by atoms with E-state index in [1.54, 1.807) is 12.0 Å². The number of aromatic nitrogens is 3. The van der Waals surface area contributed by atoms with Crippen molar-refractivity contribution >= 4 is 33.5 Å². The Morgan fingerprint density at radius 1 is 1.27 bits per heavy atom. The van der Waals surface area contributed by atoms with Gasteiger partial charge in [-0.15, -0.1) is 0 Å². The molecular weight excluding hydrogens is 454 g/mol. The predicted molar refractivity (Wildman–Crippen MR) is 115 cm³/mol. The Morgan fingerprint density at radius 3 is 2.63 bits per heavy atom. The highest BCUT2D eigenvalue weighted by Crippen LogP contribution is 2.35. The Balaban J connectivity index is 1.67. The molecule has 2 aromatic rings. The summed E-state index contributed by atoms with van der Waals surface area (Å²) in [5.41, 5.74) is 1.62. The van der Waals surface area contributed by atoms with E-state index in [-0.39, 0.29) is 18.3 Å². The zero-order valence-corrected chi connectivity index (χ0v) is 19.1. The van der Waals surface area contributed by atoms with Crippen molar-refractivity contribution in [3.8, 4) is 11.6 Å². The molecule has 0 aromatic carbocycles. The van der Waals surface area contributed by atoms with Gasteiger partial charge in [0.1, 0.15) is 17.0 Å². The van der Waals surface area contributed by atoms with Gasteiger partial charge in [-0.3, -0.25) is 0 Å². The van der Waals surface area contributed by atoms with Crippen molar-refractivity contribution in [1.82, 2.24) is 19.9 Å². The van der Waals surface area contributed by atoms with Gasteiger partial charge >= 0.3 is 6.09 Å². The fourth-order valence-corrected chi connectivity index (χ4v) is 3.49. The van der Waals surface area contributed by atoms with E-state index in [9.17, 15) is 4.79 Å². The molecule has 0 bridgehead atoms. The molecule has 1 aliphatic rings. The summed E-state index contributed by atoms with van der Waals surface area (Å²) in [6.07, 6.45) is 2.29. The lowest BCUT2D eigenvalue weighted by Crippen LogP contribution is -2.42. The lowest BCUT2D eigenvalue weighted by Gasteiger charge is -2.31. The quantitative estimate of drug-likeness (QED) is 0.618. The number of halogens is 1. The van der Waals surface area contributed by atoms with Gasteiger partial charge in [-0.05, 0) is 48.8 Å². The summed E-state index contributed by atoms with van der Waals surface area (Å²) in [5, 5.41) is 3.23. The van der Waals surface area contributed by atoms with Crippen LogP contribution in [0.3, 0.4) is 0 Å². The predicted octanol–water partition coefficient (Wildman–Crippen LogP) is 4.08. The maximum atomic E-state index is 12.0. The third-order valence-corrected chi connectivity index (χ3v) is 5.04. The minimum Gasteiger partial charge on any atom is -0.489 e. The van der Waals surface area contributed by atoms with Gasteiger partial charge in [0.2, 0.25) is 5.75 Å². The summed E-state index contributed by atoms with van der Waals surface area (Å²) in [7, 11) is 1.55. The topological polar surface area (TPSA) is 98.7 Å². The van der Waals surface area contributed by atoms with Crippen molar-refractivity contribution in [2.45, 2.75) is 45.8 Å². The molecule has 1 amide bonds. The van der Waals surface area contributed by atoms with Crippen molar-refractivity contribution in [2.75, 3.05) is 25.5 Å². The zero-order chi connectivity index (χ0) is 21.7. The van der Waals surface area contributed by atoms with Gasteiger partial charge in [0, 0.05) is 25.9 Å². The van der Waals surface area contributed by atoms with E-state index < -0.39 is 0 Å². The van der Waals surface area contributed by atoms with Crippen LogP contribution in [0.4, 0.5) is 16.3 Å². The Hall–Kier alpha value is -2.62. The monoisotopic (exact) mass is 479 g/mol. The van der Waals surface area contributed by atoms with Crippen LogP contribution in [0, 0.1) is 6.92 Å². The molecule has 0 atom stereocenters. The molecule has 3 rings (SSSR count). The molecule has 2 aromatic heterocycles. The molecule has 1 N–H and O–H groups in total. The van der Waals surface area contributed by atoms with Gasteiger partial charge in [-0.25, -0.2) is 14.8 Å². The average Bonchev–Trinajstić information content (AvgIpc) is 2.70. The molecule has 1 saturated heterocycles. The maximum absolute atomic E-state index is 12.0. The highest BCUT2D eigenvalue weighted by atomic mass is 79.9. The number of nitrogens with one attached hydrogen (secondary N) is 1. The van der Waals surface area contributed by atoms with Crippen molar-refractivity contribution in [3.63, 3.8) is 0 Å². The number of anilines is 2. The van der Waals surface area contributed by atoms with Gasteiger partial charge in [-0.1, -0.05) is 0 Å². The van der Waals surface area contributed by atoms with Gasteiger partial charge in [-0.2, -0.15) is 4.98 Å². The van der Waals surface area contributed by atoms with Gasteiger partial charge in [0.25, 0.3) is 5.88 Å². The lowest BCUT2D eigenvalue weighted by molar-refractivity contribution is 0.0500. The summed E-state index contributed by atoms with van der Waals surface area (Å²) in [6.45, 7) is 6.71. The normalized spacial score (nSPS) is 14.5. The second kappa shape index (κ2) is 9.92. The molecule has 0 radical (unpaired) electrons. The number of methoxy groups -OCH3 is 1. The molecule has 162 valence electrons. The summed E-state index contributed by atoms with van der Waals surface area (Å²) in [4.78, 5) is 26.7. The van der Waals surface area contributed by atoms with Crippen LogP contribution in [-0.2, 0) is 4.74 Å². The number of nitrogens with zero attached hydrogens (tertiary/aromatic N) is 4. The number of ether oxygens (including phenoxy) is 3. The average molecular weight is 480 g/mol. The number of hydrogen-bond acceptors (Lipinski definition) is 8. The molecule has 3 heterocycles. The summed E-state index contributed by atoms with van der Waals surface area (Å²) >= 11 is 3.36. The van der Waals surface area contributed by atoms with Gasteiger partial charge in [0.05, 0.1) is 24.6 Å². The summed E-state index contributed by atoms with van der Waals surface area (Å²) < 4.78 is 17.6. The SMILES string of the molecule is COc1c(Nc2ccc(Br)nc2C)ncnc1OC1CCN(C(=O)OC(C)C)CC1. The van der Waals surface area contributed by atoms with E-state index in [4.69, 9.17) is 14.2 Å². The molecule has 0 aliphatic carbocycles. The number of rotatable bonds is 6. The van der Waals surface area contributed by atoms with E-state index in [1.165, 1.54) is 6.33 Å². The van der Waals surface area contributed by atoms with Crippen molar-refractivity contribution in [3.05, 3.63) is 28.8 Å². The van der Waals surface area contributed by atoms with Crippen molar-refractivity contribution in [2.24, 2.45) is 0 Å². The molecule has 0 saturated carbocycles. The van der Waals surface area contributed by atoms with Gasteiger partial charge in [0.15, 0.2) is 5.82 Å². The van der Waals surface area contributed by atoms with Crippen molar-refractivity contribution < 1.29 is 19.0 Å². The Labute approximate surface area is 184 Å². The Kier molecular flexibility index (Phi) is 7.30. The number of hydrogen-bond donors (Lipinski definition) is 1. The van der Waals surface area contributed by atoms with E-state index >= 15 is 0 Å². The standard InChI is InChI=1S/C20H26BrN5O4/c1-12(2)29-20(27)26-9-7-14(8-10-26)30-19-17(28-4)18(22-11-23-19)25-15-5-6-16(21)24-13(15)3/h5-6,11-12,14H,7-10H2,1-4H3,(H,22,23,25). The number of aryl methyl sites for hydroxylation is 1. The van der Waals surface area contributed by atoms with Crippen LogP contribution in [0.25, 0.3) is 0 Å². The fourth-order valence-electron chi connectivity index (χ4n) is 3.09. The van der Waals surface area contributed by atoms with E-state index in [1.807, 2.05) is 32.9 Å². The number of likely N-dealkylation sites (tertiary alicyclic amines) is 1. The van der Waals surface area contributed by atoms with Crippen LogP contribution in [-0.4, -0.2) is 58.4 Å². The Morgan fingerprint density at radius 2 is 2.00 bits per heavy atom. The molecule has 30 heavy (non-hydrogen) atoms. The number of carbonyl (C=O) groups is 1. The van der Waals surface area contributed by atoms with E-state index in [0.717, 1.165) is 16.0 Å².